The van der Waals surface area contributed by atoms with Crippen LogP contribution in [0.4, 0.5) is 0 Å². The van der Waals surface area contributed by atoms with Crippen molar-refractivity contribution in [1.29, 1.82) is 0 Å². The van der Waals surface area contributed by atoms with Crippen LogP contribution in [0, 0.1) is 19.8 Å². The number of carbonyl (C=O) groups excluding carboxylic acids is 2. The Bertz CT molecular complexity index is 888. The van der Waals surface area contributed by atoms with Crippen molar-refractivity contribution in [1.82, 2.24) is 19.6 Å². The molecule has 0 aliphatic carbocycles. The fraction of sp³-hybridized carbons (Fsp3) is 0.476. The number of nitrogens with zero attached hydrogens (tertiary/aromatic N) is 4. The van der Waals surface area contributed by atoms with Crippen LogP contribution in [0.25, 0.3) is 0 Å². The highest BCUT2D eigenvalue weighted by atomic mass is 16.2. The molecule has 2 amide bonds. The van der Waals surface area contributed by atoms with Gasteiger partial charge in [-0.05, 0) is 44.0 Å². The summed E-state index contributed by atoms with van der Waals surface area (Å²) in [6, 6.07) is 10.2. The molecule has 1 aromatic heterocycles. The molecule has 27 heavy (non-hydrogen) atoms. The van der Waals surface area contributed by atoms with Crippen molar-refractivity contribution in [3.63, 3.8) is 0 Å². The van der Waals surface area contributed by atoms with Gasteiger partial charge in [0.1, 0.15) is 0 Å². The summed E-state index contributed by atoms with van der Waals surface area (Å²) in [5.74, 6) is 0.523. The number of carbonyl (C=O) groups is 2. The highest BCUT2D eigenvalue weighted by Crippen LogP contribution is 2.31. The monoisotopic (exact) mass is 366 g/mol. The minimum atomic E-state index is 0.0608. The lowest BCUT2D eigenvalue weighted by Crippen LogP contribution is -2.47. The Morgan fingerprint density at radius 1 is 1.26 bits per heavy atom. The third kappa shape index (κ3) is 3.36. The van der Waals surface area contributed by atoms with Crippen LogP contribution >= 0.6 is 0 Å². The molecule has 0 spiro atoms. The number of aromatic nitrogens is 2. The zero-order valence-corrected chi connectivity index (χ0v) is 16.2. The molecule has 0 N–H and O–H groups in total. The first-order valence-electron chi connectivity index (χ1n) is 9.57. The fourth-order valence-corrected chi connectivity index (χ4v) is 4.46. The summed E-state index contributed by atoms with van der Waals surface area (Å²) in [7, 11) is 1.88. The van der Waals surface area contributed by atoms with E-state index < -0.39 is 0 Å². The van der Waals surface area contributed by atoms with Gasteiger partial charge in [-0.15, -0.1) is 0 Å². The minimum absolute atomic E-state index is 0.0608. The first-order valence-corrected chi connectivity index (χ1v) is 9.57. The van der Waals surface area contributed by atoms with E-state index in [1.165, 1.54) is 0 Å². The Morgan fingerprint density at radius 2 is 2.07 bits per heavy atom. The number of fused-ring (bicyclic) bond motifs is 1. The number of likely N-dealkylation sites (tertiary alicyclic amines) is 2. The van der Waals surface area contributed by atoms with Gasteiger partial charge in [-0.25, -0.2) is 0 Å². The molecule has 6 nitrogen and oxygen atoms in total. The van der Waals surface area contributed by atoms with Crippen LogP contribution in [-0.4, -0.2) is 57.6 Å². The topological polar surface area (TPSA) is 58.4 Å². The van der Waals surface area contributed by atoms with Crippen molar-refractivity contribution < 1.29 is 9.59 Å². The summed E-state index contributed by atoms with van der Waals surface area (Å²) in [6.45, 7) is 6.06. The van der Waals surface area contributed by atoms with Gasteiger partial charge in [0.2, 0.25) is 5.91 Å². The van der Waals surface area contributed by atoms with Crippen molar-refractivity contribution in [3.8, 4) is 0 Å². The van der Waals surface area contributed by atoms with Crippen LogP contribution in [0.2, 0.25) is 0 Å². The van der Waals surface area contributed by atoms with Crippen molar-refractivity contribution in [2.24, 2.45) is 5.92 Å². The number of piperidine rings is 1. The maximum absolute atomic E-state index is 13.0. The van der Waals surface area contributed by atoms with E-state index in [-0.39, 0.29) is 17.7 Å². The molecule has 4 rings (SSSR count). The molecule has 1 aromatic carbocycles. The molecule has 3 heterocycles. The van der Waals surface area contributed by atoms with E-state index in [0.29, 0.717) is 37.7 Å². The van der Waals surface area contributed by atoms with Crippen LogP contribution in [-0.2, 0) is 11.3 Å². The molecular formula is C21H26N4O2. The van der Waals surface area contributed by atoms with E-state index in [9.17, 15) is 9.59 Å². The molecule has 2 saturated heterocycles. The number of hydrogen-bond donors (Lipinski definition) is 0. The first-order chi connectivity index (χ1) is 12.9. The Labute approximate surface area is 159 Å². The van der Waals surface area contributed by atoms with Crippen LogP contribution in [0.1, 0.15) is 40.2 Å². The zero-order valence-electron chi connectivity index (χ0n) is 16.2. The van der Waals surface area contributed by atoms with E-state index in [0.717, 1.165) is 23.4 Å². The lowest BCUT2D eigenvalue weighted by molar-refractivity contribution is -0.127. The van der Waals surface area contributed by atoms with Crippen LogP contribution in [0.3, 0.4) is 0 Å². The lowest BCUT2D eigenvalue weighted by Gasteiger charge is -2.36. The maximum atomic E-state index is 13.0. The second-order valence-electron chi connectivity index (χ2n) is 7.86. The molecular weight excluding hydrogens is 340 g/mol. The average molecular weight is 366 g/mol. The molecule has 2 fully saturated rings. The maximum Gasteiger partial charge on any atom is 0.253 e. The standard InChI is InChI=1S/C21H26N4O2/c1-14-9-15(2)25(22-14)12-16-5-4-6-17(10-16)21(27)24-8-7-19-18(13-24)11-20(26)23(19)3/h4-6,9-10,18-19H,7-8,11-13H2,1-3H3/t18-,19+/m1/s1. The van der Waals surface area contributed by atoms with Gasteiger partial charge in [0, 0.05) is 49.8 Å². The molecule has 2 aromatic rings. The van der Waals surface area contributed by atoms with E-state index in [4.69, 9.17) is 0 Å². The predicted octanol–water partition coefficient (Wildman–Crippen LogP) is 2.24. The smallest absolute Gasteiger partial charge is 0.253 e. The van der Waals surface area contributed by atoms with Gasteiger partial charge in [0.15, 0.2) is 0 Å². The third-order valence-corrected chi connectivity index (χ3v) is 5.92. The van der Waals surface area contributed by atoms with Gasteiger partial charge >= 0.3 is 0 Å². The van der Waals surface area contributed by atoms with Crippen LogP contribution in [0.5, 0.6) is 0 Å². The van der Waals surface area contributed by atoms with Crippen LogP contribution in [0.15, 0.2) is 30.3 Å². The zero-order chi connectivity index (χ0) is 19.1. The second kappa shape index (κ2) is 6.83. The van der Waals surface area contributed by atoms with E-state index in [1.807, 2.05) is 59.6 Å². The SMILES string of the molecule is Cc1cc(C)n(Cc2cccc(C(=O)N3CC[C@H]4[C@H](CC(=O)N4C)C3)c2)n1. The Hall–Kier alpha value is -2.63. The number of hydrogen-bond acceptors (Lipinski definition) is 3. The summed E-state index contributed by atoms with van der Waals surface area (Å²) in [4.78, 5) is 28.8. The number of rotatable bonds is 3. The largest absolute Gasteiger partial charge is 0.342 e. The van der Waals surface area contributed by atoms with Crippen molar-refractivity contribution >= 4 is 11.8 Å². The third-order valence-electron chi connectivity index (χ3n) is 5.92. The van der Waals surface area contributed by atoms with E-state index >= 15 is 0 Å². The molecule has 142 valence electrons. The van der Waals surface area contributed by atoms with Gasteiger partial charge < -0.3 is 9.80 Å². The highest BCUT2D eigenvalue weighted by molar-refractivity contribution is 5.94. The summed E-state index contributed by atoms with van der Waals surface area (Å²) < 4.78 is 1.96. The number of aryl methyl sites for hydroxylation is 2. The van der Waals surface area contributed by atoms with Crippen molar-refractivity contribution in [2.75, 3.05) is 20.1 Å². The molecule has 2 aliphatic heterocycles. The summed E-state index contributed by atoms with van der Waals surface area (Å²) in [6.07, 6.45) is 1.42. The van der Waals surface area contributed by atoms with Crippen LogP contribution < -0.4 is 0 Å². The first kappa shape index (κ1) is 17.8. The van der Waals surface area contributed by atoms with E-state index in [1.54, 1.807) is 0 Å². The van der Waals surface area contributed by atoms with Gasteiger partial charge in [-0.1, -0.05) is 12.1 Å². The quantitative estimate of drug-likeness (QED) is 0.837. The van der Waals surface area contributed by atoms with Gasteiger partial charge in [-0.2, -0.15) is 5.10 Å². The molecule has 0 bridgehead atoms. The molecule has 6 heteroatoms. The van der Waals surface area contributed by atoms with Gasteiger partial charge in [0.05, 0.1) is 12.2 Å². The Balaban J connectivity index is 1.48. The summed E-state index contributed by atoms with van der Waals surface area (Å²) in [5.41, 5.74) is 3.89. The molecule has 2 atom stereocenters. The molecule has 0 radical (unpaired) electrons. The second-order valence-corrected chi connectivity index (χ2v) is 7.86. The number of amides is 2. The molecule has 0 unspecified atom stereocenters. The van der Waals surface area contributed by atoms with Crippen molar-refractivity contribution in [2.45, 2.75) is 39.3 Å². The normalized spacial score (nSPS) is 22.3. The number of benzene rings is 1. The minimum Gasteiger partial charge on any atom is -0.342 e. The average Bonchev–Trinajstić information content (AvgIpc) is 3.12. The van der Waals surface area contributed by atoms with Gasteiger partial charge in [0.25, 0.3) is 5.91 Å². The van der Waals surface area contributed by atoms with E-state index in [2.05, 4.69) is 11.2 Å². The molecule has 0 saturated carbocycles. The summed E-state index contributed by atoms with van der Waals surface area (Å²) >= 11 is 0. The molecule has 2 aliphatic rings. The fourth-order valence-electron chi connectivity index (χ4n) is 4.46. The van der Waals surface area contributed by atoms with Crippen molar-refractivity contribution in [3.05, 3.63) is 52.8 Å². The Morgan fingerprint density at radius 3 is 2.81 bits per heavy atom. The highest BCUT2D eigenvalue weighted by Gasteiger charge is 2.41. The predicted molar refractivity (Wildman–Crippen MR) is 102 cm³/mol. The summed E-state index contributed by atoms with van der Waals surface area (Å²) in [5, 5.41) is 4.51. The van der Waals surface area contributed by atoms with Gasteiger partial charge in [-0.3, -0.25) is 14.3 Å². The lowest BCUT2D eigenvalue weighted by atomic mass is 9.92. The Kier molecular flexibility index (Phi) is 4.50.